The highest BCUT2D eigenvalue weighted by molar-refractivity contribution is 5.23. The molecule has 0 aliphatic carbocycles. The van der Waals surface area contributed by atoms with Crippen molar-refractivity contribution in [3.8, 4) is 5.88 Å². The molecular formula is C17H20N2O. The Kier molecular flexibility index (Phi) is 3.97. The highest BCUT2D eigenvalue weighted by Gasteiger charge is 2.28. The number of benzene rings is 1. The normalized spacial score (nSPS) is 19.8. The molecule has 0 spiro atoms. The lowest BCUT2D eigenvalue weighted by atomic mass is 9.95. The summed E-state index contributed by atoms with van der Waals surface area (Å²) >= 11 is 0. The first kappa shape index (κ1) is 13.1. The zero-order valence-corrected chi connectivity index (χ0v) is 11.8. The Labute approximate surface area is 120 Å². The van der Waals surface area contributed by atoms with Crippen LogP contribution in [-0.2, 0) is 0 Å². The van der Waals surface area contributed by atoms with Gasteiger partial charge >= 0.3 is 0 Å². The summed E-state index contributed by atoms with van der Waals surface area (Å²) in [4.78, 5) is 4.33. The highest BCUT2D eigenvalue weighted by atomic mass is 16.5. The second-order valence-electron chi connectivity index (χ2n) is 5.37. The third-order valence-corrected chi connectivity index (χ3v) is 3.79. The first-order valence-corrected chi connectivity index (χ1v) is 7.18. The number of nitrogens with one attached hydrogen (secondary N) is 1. The van der Waals surface area contributed by atoms with Crippen LogP contribution in [0.2, 0.25) is 0 Å². The van der Waals surface area contributed by atoms with E-state index in [0.29, 0.717) is 11.8 Å². The lowest BCUT2D eigenvalue weighted by molar-refractivity contribution is 0.138. The number of hydrogen-bond donors (Lipinski definition) is 1. The van der Waals surface area contributed by atoms with Crippen molar-refractivity contribution in [1.29, 1.82) is 0 Å². The van der Waals surface area contributed by atoms with Crippen LogP contribution in [0.25, 0.3) is 0 Å². The van der Waals surface area contributed by atoms with Crippen LogP contribution >= 0.6 is 0 Å². The molecule has 104 valence electrons. The van der Waals surface area contributed by atoms with Gasteiger partial charge in [0.25, 0.3) is 0 Å². The molecule has 2 heterocycles. The van der Waals surface area contributed by atoms with E-state index in [1.807, 2.05) is 18.2 Å². The van der Waals surface area contributed by atoms with E-state index < -0.39 is 0 Å². The molecule has 1 aromatic carbocycles. The quantitative estimate of drug-likeness (QED) is 0.925. The van der Waals surface area contributed by atoms with Gasteiger partial charge in [-0.05, 0) is 37.1 Å². The molecule has 0 radical (unpaired) electrons. The van der Waals surface area contributed by atoms with Gasteiger partial charge in [-0.15, -0.1) is 0 Å². The van der Waals surface area contributed by atoms with E-state index >= 15 is 0 Å². The molecule has 2 atom stereocenters. The minimum absolute atomic E-state index is 0.0699. The molecule has 3 heteroatoms. The molecular weight excluding hydrogens is 248 g/mol. The molecule has 0 bridgehead atoms. The Morgan fingerprint density at radius 3 is 2.80 bits per heavy atom. The standard InChI is InChI=1S/C17H20N2O/c1-13-7-10-19-16(11-13)20-17(15-8-9-18-12-15)14-5-3-2-4-6-14/h2-7,10-11,15,17-18H,8-9,12H2,1H3/t15-,17?/m0/s1. The summed E-state index contributed by atoms with van der Waals surface area (Å²) in [6.45, 7) is 4.13. The topological polar surface area (TPSA) is 34.1 Å². The van der Waals surface area contributed by atoms with E-state index in [2.05, 4.69) is 41.5 Å². The Hall–Kier alpha value is -1.87. The largest absolute Gasteiger partial charge is 0.469 e. The van der Waals surface area contributed by atoms with Crippen molar-refractivity contribution < 1.29 is 4.74 Å². The molecule has 1 aliphatic rings. The molecule has 1 unspecified atom stereocenters. The first-order valence-electron chi connectivity index (χ1n) is 7.18. The predicted octanol–water partition coefficient (Wildman–Crippen LogP) is 3.12. The van der Waals surface area contributed by atoms with Gasteiger partial charge in [0, 0.05) is 24.7 Å². The van der Waals surface area contributed by atoms with Gasteiger partial charge in [-0.1, -0.05) is 30.3 Å². The van der Waals surface area contributed by atoms with Crippen LogP contribution in [0.5, 0.6) is 5.88 Å². The first-order chi connectivity index (χ1) is 9.83. The fourth-order valence-electron chi connectivity index (χ4n) is 2.72. The smallest absolute Gasteiger partial charge is 0.214 e. The van der Waals surface area contributed by atoms with E-state index in [0.717, 1.165) is 19.5 Å². The molecule has 20 heavy (non-hydrogen) atoms. The summed E-state index contributed by atoms with van der Waals surface area (Å²) in [7, 11) is 0. The summed E-state index contributed by atoms with van der Waals surface area (Å²) in [5.41, 5.74) is 2.40. The van der Waals surface area contributed by atoms with Crippen molar-refractivity contribution in [1.82, 2.24) is 10.3 Å². The fourth-order valence-corrected chi connectivity index (χ4v) is 2.72. The van der Waals surface area contributed by atoms with Gasteiger partial charge in [-0.3, -0.25) is 0 Å². The van der Waals surface area contributed by atoms with Crippen molar-refractivity contribution >= 4 is 0 Å². The Bertz CT molecular complexity index is 550. The number of aryl methyl sites for hydroxylation is 1. The summed E-state index contributed by atoms with van der Waals surface area (Å²) < 4.78 is 6.21. The molecule has 3 nitrogen and oxygen atoms in total. The number of hydrogen-bond acceptors (Lipinski definition) is 3. The fraction of sp³-hybridized carbons (Fsp3) is 0.353. The number of nitrogens with zero attached hydrogens (tertiary/aromatic N) is 1. The lowest BCUT2D eigenvalue weighted by Gasteiger charge is -2.24. The average Bonchev–Trinajstić information content (AvgIpc) is 3.00. The molecule has 1 fully saturated rings. The van der Waals surface area contributed by atoms with Crippen LogP contribution in [0.3, 0.4) is 0 Å². The van der Waals surface area contributed by atoms with Gasteiger partial charge in [-0.25, -0.2) is 4.98 Å². The van der Waals surface area contributed by atoms with Gasteiger partial charge < -0.3 is 10.1 Å². The maximum Gasteiger partial charge on any atom is 0.214 e. The molecule has 1 saturated heterocycles. The van der Waals surface area contributed by atoms with Crippen LogP contribution in [-0.4, -0.2) is 18.1 Å². The molecule has 0 amide bonds. The van der Waals surface area contributed by atoms with E-state index in [-0.39, 0.29) is 6.10 Å². The van der Waals surface area contributed by atoms with Gasteiger partial charge in [0.15, 0.2) is 0 Å². The van der Waals surface area contributed by atoms with Crippen LogP contribution in [0.15, 0.2) is 48.7 Å². The zero-order valence-electron chi connectivity index (χ0n) is 11.8. The average molecular weight is 268 g/mol. The van der Waals surface area contributed by atoms with Crippen LogP contribution in [0, 0.1) is 12.8 Å². The molecule has 0 saturated carbocycles. The third kappa shape index (κ3) is 2.99. The Morgan fingerprint density at radius 1 is 1.25 bits per heavy atom. The number of ether oxygens (including phenoxy) is 1. The van der Waals surface area contributed by atoms with Crippen molar-refractivity contribution in [2.75, 3.05) is 13.1 Å². The maximum atomic E-state index is 6.21. The molecule has 3 rings (SSSR count). The monoisotopic (exact) mass is 268 g/mol. The van der Waals surface area contributed by atoms with E-state index in [1.165, 1.54) is 11.1 Å². The van der Waals surface area contributed by atoms with Crippen LogP contribution < -0.4 is 10.1 Å². The van der Waals surface area contributed by atoms with Crippen molar-refractivity contribution in [2.45, 2.75) is 19.4 Å². The maximum absolute atomic E-state index is 6.21. The predicted molar refractivity (Wildman–Crippen MR) is 79.8 cm³/mol. The second kappa shape index (κ2) is 6.06. The lowest BCUT2D eigenvalue weighted by Crippen LogP contribution is -2.21. The minimum Gasteiger partial charge on any atom is -0.469 e. The third-order valence-electron chi connectivity index (χ3n) is 3.79. The van der Waals surface area contributed by atoms with Gasteiger partial charge in [0.2, 0.25) is 5.88 Å². The second-order valence-corrected chi connectivity index (χ2v) is 5.37. The molecule has 1 aromatic heterocycles. The summed E-state index contributed by atoms with van der Waals surface area (Å²) in [6, 6.07) is 14.4. The zero-order chi connectivity index (χ0) is 13.8. The molecule has 2 aromatic rings. The summed E-state index contributed by atoms with van der Waals surface area (Å²) in [6.07, 6.45) is 3.02. The summed E-state index contributed by atoms with van der Waals surface area (Å²) in [5.74, 6) is 1.21. The van der Waals surface area contributed by atoms with Crippen molar-refractivity contribution in [2.24, 2.45) is 5.92 Å². The van der Waals surface area contributed by atoms with E-state index in [4.69, 9.17) is 4.74 Å². The molecule has 1 N–H and O–H groups in total. The van der Waals surface area contributed by atoms with Gasteiger partial charge in [0.1, 0.15) is 6.10 Å². The van der Waals surface area contributed by atoms with Gasteiger partial charge in [-0.2, -0.15) is 0 Å². The van der Waals surface area contributed by atoms with E-state index in [1.54, 1.807) is 6.20 Å². The number of aromatic nitrogens is 1. The number of rotatable bonds is 4. The van der Waals surface area contributed by atoms with E-state index in [9.17, 15) is 0 Å². The number of pyridine rings is 1. The van der Waals surface area contributed by atoms with Crippen molar-refractivity contribution in [3.05, 3.63) is 59.8 Å². The van der Waals surface area contributed by atoms with Crippen LogP contribution in [0.4, 0.5) is 0 Å². The SMILES string of the molecule is Cc1ccnc(OC(c2ccccc2)[C@H]2CCNC2)c1. The van der Waals surface area contributed by atoms with Gasteiger partial charge in [0.05, 0.1) is 0 Å². The molecule has 1 aliphatic heterocycles. The Morgan fingerprint density at radius 2 is 2.10 bits per heavy atom. The van der Waals surface area contributed by atoms with Crippen molar-refractivity contribution in [3.63, 3.8) is 0 Å². The minimum atomic E-state index is 0.0699. The van der Waals surface area contributed by atoms with Crippen LogP contribution in [0.1, 0.15) is 23.7 Å². The summed E-state index contributed by atoms with van der Waals surface area (Å²) in [5, 5.41) is 3.42. The Balaban J connectivity index is 1.85. The highest BCUT2D eigenvalue weighted by Crippen LogP contribution is 2.31.